The number of carbonyl (C=O) groups is 1. The molecule has 0 bridgehead atoms. The summed E-state index contributed by atoms with van der Waals surface area (Å²) in [6.45, 7) is 0. The lowest BCUT2D eigenvalue weighted by Gasteiger charge is -2.16. The molecular formula is C21H17Cl2NO3. The second kappa shape index (κ2) is 8.80. The number of carbonyl (C=O) groups excluding carboxylic acids is 1. The second-order valence-corrected chi connectivity index (χ2v) is 6.52. The number of esters is 1. The Morgan fingerprint density at radius 2 is 1.63 bits per heavy atom. The predicted octanol–water partition coefficient (Wildman–Crippen LogP) is 6.24. The van der Waals surface area contributed by atoms with Gasteiger partial charge in [0.25, 0.3) is 0 Å². The molecule has 0 fully saturated rings. The Hall–Kier alpha value is -2.69. The van der Waals surface area contributed by atoms with E-state index in [2.05, 4.69) is 5.32 Å². The van der Waals surface area contributed by atoms with Gasteiger partial charge in [-0.1, -0.05) is 53.5 Å². The van der Waals surface area contributed by atoms with Crippen LogP contribution in [0.2, 0.25) is 10.0 Å². The smallest absolute Gasteiger partial charge is 0.310 e. The minimum absolute atomic E-state index is 0.104. The van der Waals surface area contributed by atoms with Crippen LogP contribution < -0.4 is 10.1 Å². The molecule has 0 atom stereocenters. The van der Waals surface area contributed by atoms with E-state index in [9.17, 15) is 4.79 Å². The molecule has 6 heteroatoms. The van der Waals surface area contributed by atoms with Gasteiger partial charge in [-0.2, -0.15) is 0 Å². The lowest BCUT2D eigenvalue weighted by Crippen LogP contribution is -2.07. The Labute approximate surface area is 167 Å². The molecule has 0 saturated carbocycles. The van der Waals surface area contributed by atoms with E-state index in [1.165, 1.54) is 7.11 Å². The zero-order valence-electron chi connectivity index (χ0n) is 14.5. The summed E-state index contributed by atoms with van der Waals surface area (Å²) >= 11 is 12.5. The highest BCUT2D eigenvalue weighted by Gasteiger charge is 2.13. The van der Waals surface area contributed by atoms with E-state index in [1.54, 1.807) is 30.3 Å². The maximum atomic E-state index is 11.8. The Morgan fingerprint density at radius 1 is 0.926 bits per heavy atom. The van der Waals surface area contributed by atoms with Crippen LogP contribution in [0.15, 0.2) is 66.7 Å². The lowest BCUT2D eigenvalue weighted by molar-refractivity contribution is -0.139. The lowest BCUT2D eigenvalue weighted by atomic mass is 10.1. The standard InChI is InChI=1S/C21H17Cl2NO3/c1-26-20(25)12-14-10-11-16(27-15-6-3-2-4-7-15)13-19(14)24-21-17(22)8-5-9-18(21)23/h2-11,13,24H,12H2,1H3. The summed E-state index contributed by atoms with van der Waals surface area (Å²) in [5.74, 6) is 0.973. The van der Waals surface area contributed by atoms with Gasteiger partial charge in [-0.25, -0.2) is 0 Å². The first-order chi connectivity index (χ1) is 13.1. The Bertz CT molecular complexity index is 925. The number of para-hydroxylation sites is 2. The van der Waals surface area contributed by atoms with Crippen LogP contribution in [-0.2, 0) is 16.0 Å². The maximum Gasteiger partial charge on any atom is 0.310 e. The van der Waals surface area contributed by atoms with Crippen LogP contribution in [0.1, 0.15) is 5.56 Å². The van der Waals surface area contributed by atoms with Gasteiger partial charge in [0.2, 0.25) is 0 Å². The number of rotatable bonds is 6. The molecule has 3 rings (SSSR count). The monoisotopic (exact) mass is 401 g/mol. The van der Waals surface area contributed by atoms with Crippen LogP contribution >= 0.6 is 23.2 Å². The summed E-state index contributed by atoms with van der Waals surface area (Å²) in [5.41, 5.74) is 1.95. The molecule has 27 heavy (non-hydrogen) atoms. The fourth-order valence-corrected chi connectivity index (χ4v) is 2.99. The normalized spacial score (nSPS) is 10.3. The summed E-state index contributed by atoms with van der Waals surface area (Å²) in [5, 5.41) is 4.16. The number of ether oxygens (including phenoxy) is 2. The third-order valence-electron chi connectivity index (χ3n) is 3.85. The third-order valence-corrected chi connectivity index (χ3v) is 4.48. The highest BCUT2D eigenvalue weighted by Crippen LogP contribution is 2.35. The van der Waals surface area contributed by atoms with Crippen molar-refractivity contribution in [3.63, 3.8) is 0 Å². The first kappa shape index (κ1) is 19.1. The molecule has 138 valence electrons. The van der Waals surface area contributed by atoms with E-state index in [-0.39, 0.29) is 12.4 Å². The minimum atomic E-state index is -0.347. The molecule has 1 N–H and O–H groups in total. The van der Waals surface area contributed by atoms with Gasteiger partial charge in [-0.3, -0.25) is 4.79 Å². The molecule has 0 aliphatic rings. The molecule has 0 aromatic heterocycles. The van der Waals surface area contributed by atoms with E-state index in [1.807, 2.05) is 36.4 Å². The average molecular weight is 402 g/mol. The molecule has 0 spiro atoms. The van der Waals surface area contributed by atoms with Gasteiger partial charge in [0.1, 0.15) is 11.5 Å². The highest BCUT2D eigenvalue weighted by atomic mass is 35.5. The quantitative estimate of drug-likeness (QED) is 0.496. The van der Waals surface area contributed by atoms with E-state index in [0.717, 1.165) is 5.56 Å². The van der Waals surface area contributed by atoms with E-state index in [4.69, 9.17) is 32.7 Å². The van der Waals surface area contributed by atoms with Crippen molar-refractivity contribution in [3.05, 3.63) is 82.3 Å². The Morgan fingerprint density at radius 3 is 2.30 bits per heavy atom. The number of halogens is 2. The Kier molecular flexibility index (Phi) is 6.22. The molecule has 0 aliphatic heterocycles. The van der Waals surface area contributed by atoms with Gasteiger partial charge in [-0.05, 0) is 35.9 Å². The summed E-state index contributed by atoms with van der Waals surface area (Å²) < 4.78 is 10.7. The first-order valence-electron chi connectivity index (χ1n) is 8.20. The molecule has 0 amide bonds. The van der Waals surface area contributed by atoms with E-state index in [0.29, 0.717) is 32.9 Å². The zero-order valence-corrected chi connectivity index (χ0v) is 16.1. The van der Waals surface area contributed by atoms with Gasteiger partial charge < -0.3 is 14.8 Å². The van der Waals surface area contributed by atoms with Gasteiger partial charge >= 0.3 is 5.97 Å². The van der Waals surface area contributed by atoms with Crippen molar-refractivity contribution >= 4 is 40.5 Å². The zero-order chi connectivity index (χ0) is 19.2. The molecule has 0 unspecified atom stereocenters. The Balaban J connectivity index is 1.96. The SMILES string of the molecule is COC(=O)Cc1ccc(Oc2ccccc2)cc1Nc1c(Cl)cccc1Cl. The molecular weight excluding hydrogens is 385 g/mol. The van der Waals surface area contributed by atoms with Crippen LogP contribution in [0.25, 0.3) is 0 Å². The van der Waals surface area contributed by atoms with Crippen molar-refractivity contribution in [1.82, 2.24) is 0 Å². The number of benzene rings is 3. The fourth-order valence-electron chi connectivity index (χ4n) is 2.49. The van der Waals surface area contributed by atoms with Crippen molar-refractivity contribution in [1.29, 1.82) is 0 Å². The number of nitrogens with one attached hydrogen (secondary N) is 1. The molecule has 0 radical (unpaired) electrons. The minimum Gasteiger partial charge on any atom is -0.469 e. The van der Waals surface area contributed by atoms with Crippen molar-refractivity contribution < 1.29 is 14.3 Å². The summed E-state index contributed by atoms with van der Waals surface area (Å²) in [7, 11) is 1.35. The van der Waals surface area contributed by atoms with Crippen LogP contribution in [0.3, 0.4) is 0 Å². The van der Waals surface area contributed by atoms with Crippen LogP contribution in [0.4, 0.5) is 11.4 Å². The van der Waals surface area contributed by atoms with Crippen LogP contribution in [-0.4, -0.2) is 13.1 Å². The van der Waals surface area contributed by atoms with Crippen LogP contribution in [0, 0.1) is 0 Å². The number of methoxy groups -OCH3 is 1. The van der Waals surface area contributed by atoms with Gasteiger partial charge in [0.15, 0.2) is 0 Å². The molecule has 0 heterocycles. The summed E-state index contributed by atoms with van der Waals surface area (Å²) in [6.07, 6.45) is 0.104. The maximum absolute atomic E-state index is 11.8. The number of hydrogen-bond acceptors (Lipinski definition) is 4. The number of anilines is 2. The van der Waals surface area contributed by atoms with E-state index < -0.39 is 0 Å². The van der Waals surface area contributed by atoms with Crippen molar-refractivity contribution in [2.24, 2.45) is 0 Å². The largest absolute Gasteiger partial charge is 0.469 e. The van der Waals surface area contributed by atoms with Crippen molar-refractivity contribution in [2.45, 2.75) is 6.42 Å². The van der Waals surface area contributed by atoms with E-state index >= 15 is 0 Å². The molecule has 0 aliphatic carbocycles. The molecule has 3 aromatic carbocycles. The van der Waals surface area contributed by atoms with Gasteiger partial charge in [-0.15, -0.1) is 0 Å². The third kappa shape index (κ3) is 4.94. The highest BCUT2D eigenvalue weighted by molar-refractivity contribution is 6.39. The van der Waals surface area contributed by atoms with Crippen LogP contribution in [0.5, 0.6) is 11.5 Å². The topological polar surface area (TPSA) is 47.6 Å². The van der Waals surface area contributed by atoms with Crippen molar-refractivity contribution in [2.75, 3.05) is 12.4 Å². The summed E-state index contributed by atoms with van der Waals surface area (Å²) in [6, 6.07) is 20.1. The molecule has 4 nitrogen and oxygen atoms in total. The average Bonchev–Trinajstić information content (AvgIpc) is 2.67. The van der Waals surface area contributed by atoms with Crippen molar-refractivity contribution in [3.8, 4) is 11.5 Å². The molecule has 0 saturated heterocycles. The number of hydrogen-bond donors (Lipinski definition) is 1. The van der Waals surface area contributed by atoms with Gasteiger partial charge in [0.05, 0.1) is 29.3 Å². The fraction of sp³-hybridized carbons (Fsp3) is 0.0952. The molecule has 3 aromatic rings. The predicted molar refractivity (Wildman–Crippen MR) is 108 cm³/mol. The second-order valence-electron chi connectivity index (χ2n) is 5.71. The first-order valence-corrected chi connectivity index (χ1v) is 8.96. The van der Waals surface area contributed by atoms with Gasteiger partial charge in [0, 0.05) is 11.8 Å². The summed E-state index contributed by atoms with van der Waals surface area (Å²) in [4.78, 5) is 11.8.